The predicted octanol–water partition coefficient (Wildman–Crippen LogP) is 1.70. The van der Waals surface area contributed by atoms with Crippen molar-refractivity contribution >= 4 is 6.03 Å². The number of rotatable bonds is 0. The van der Waals surface area contributed by atoms with Gasteiger partial charge in [-0.1, -0.05) is 0 Å². The van der Waals surface area contributed by atoms with Crippen molar-refractivity contribution in [3.63, 3.8) is 0 Å². The SMILES string of the molecule is C[C@@H]1C[C@H]2CCN(C(=O)N3CCCC3)C[C@@H]2O1. The minimum absolute atomic E-state index is 0.240. The Balaban J connectivity index is 1.60. The first-order chi connectivity index (χ1) is 8.24. The van der Waals surface area contributed by atoms with Gasteiger partial charge in [0, 0.05) is 26.2 Å². The molecule has 0 aliphatic carbocycles. The molecule has 0 aromatic heterocycles. The van der Waals surface area contributed by atoms with Crippen LogP contribution in [0.5, 0.6) is 0 Å². The lowest BCUT2D eigenvalue weighted by atomic mass is 9.92. The maximum atomic E-state index is 12.3. The molecule has 0 radical (unpaired) electrons. The molecule has 4 heteroatoms. The number of urea groups is 1. The van der Waals surface area contributed by atoms with Gasteiger partial charge in [-0.2, -0.15) is 0 Å². The fraction of sp³-hybridized carbons (Fsp3) is 0.923. The van der Waals surface area contributed by atoms with E-state index in [9.17, 15) is 4.79 Å². The number of hydrogen-bond acceptors (Lipinski definition) is 2. The molecule has 3 aliphatic rings. The van der Waals surface area contributed by atoms with Crippen LogP contribution in [0.25, 0.3) is 0 Å². The van der Waals surface area contributed by atoms with E-state index in [1.54, 1.807) is 0 Å². The van der Waals surface area contributed by atoms with E-state index in [0.29, 0.717) is 18.1 Å². The summed E-state index contributed by atoms with van der Waals surface area (Å²) >= 11 is 0. The molecule has 2 amide bonds. The molecular weight excluding hydrogens is 216 g/mol. The van der Waals surface area contributed by atoms with Crippen LogP contribution in [0.3, 0.4) is 0 Å². The standard InChI is InChI=1S/C13H22N2O2/c1-10-8-11-4-7-15(9-12(11)17-10)13(16)14-5-2-3-6-14/h10-12H,2-9H2,1H3/t10-,11-,12+/m1/s1. The number of fused-ring (bicyclic) bond motifs is 1. The first-order valence-electron chi connectivity index (χ1n) is 6.93. The van der Waals surface area contributed by atoms with Crippen LogP contribution in [0.1, 0.15) is 32.6 Å². The second kappa shape index (κ2) is 4.48. The zero-order chi connectivity index (χ0) is 11.8. The normalized spacial score (nSPS) is 37.4. The molecule has 3 aliphatic heterocycles. The zero-order valence-electron chi connectivity index (χ0n) is 10.6. The third-order valence-electron chi connectivity index (χ3n) is 4.38. The first-order valence-corrected chi connectivity index (χ1v) is 6.93. The van der Waals surface area contributed by atoms with Crippen molar-refractivity contribution in [2.24, 2.45) is 5.92 Å². The predicted molar refractivity (Wildman–Crippen MR) is 64.8 cm³/mol. The number of carbonyl (C=O) groups is 1. The van der Waals surface area contributed by atoms with Gasteiger partial charge in [-0.25, -0.2) is 4.79 Å². The number of nitrogens with zero attached hydrogens (tertiary/aromatic N) is 2. The summed E-state index contributed by atoms with van der Waals surface area (Å²) in [6, 6.07) is 0.240. The lowest BCUT2D eigenvalue weighted by Gasteiger charge is -2.36. The molecule has 3 fully saturated rings. The molecule has 0 unspecified atom stereocenters. The van der Waals surface area contributed by atoms with E-state index in [1.807, 2.05) is 9.80 Å². The molecule has 0 spiro atoms. The summed E-state index contributed by atoms with van der Waals surface area (Å²) in [6.07, 6.45) is 5.31. The molecule has 3 atom stereocenters. The highest BCUT2D eigenvalue weighted by molar-refractivity contribution is 5.74. The fourth-order valence-corrected chi connectivity index (χ4v) is 3.45. The number of carbonyl (C=O) groups excluding carboxylic acids is 1. The highest BCUT2D eigenvalue weighted by Crippen LogP contribution is 2.33. The average molecular weight is 238 g/mol. The Morgan fingerprint density at radius 2 is 1.94 bits per heavy atom. The van der Waals surface area contributed by atoms with E-state index >= 15 is 0 Å². The fourth-order valence-electron chi connectivity index (χ4n) is 3.45. The lowest BCUT2D eigenvalue weighted by Crippen LogP contribution is -2.50. The van der Waals surface area contributed by atoms with Gasteiger partial charge in [0.25, 0.3) is 0 Å². The Bertz CT molecular complexity index is 302. The van der Waals surface area contributed by atoms with Crippen LogP contribution in [0.15, 0.2) is 0 Å². The second-order valence-corrected chi connectivity index (χ2v) is 5.69. The van der Waals surface area contributed by atoms with E-state index in [-0.39, 0.29) is 6.03 Å². The van der Waals surface area contributed by atoms with Gasteiger partial charge in [0.05, 0.1) is 12.2 Å². The highest BCUT2D eigenvalue weighted by Gasteiger charge is 2.39. The van der Waals surface area contributed by atoms with Gasteiger partial charge >= 0.3 is 6.03 Å². The number of amides is 2. The van der Waals surface area contributed by atoms with E-state index in [0.717, 1.165) is 32.6 Å². The van der Waals surface area contributed by atoms with E-state index in [4.69, 9.17) is 4.74 Å². The van der Waals surface area contributed by atoms with E-state index in [2.05, 4.69) is 6.92 Å². The van der Waals surface area contributed by atoms with Crippen molar-refractivity contribution in [3.05, 3.63) is 0 Å². The summed E-state index contributed by atoms with van der Waals surface area (Å²) in [5, 5.41) is 0. The van der Waals surface area contributed by atoms with E-state index in [1.165, 1.54) is 19.3 Å². The number of ether oxygens (including phenoxy) is 1. The maximum absolute atomic E-state index is 12.3. The summed E-state index contributed by atoms with van der Waals surface area (Å²) in [4.78, 5) is 16.3. The first kappa shape index (κ1) is 11.3. The van der Waals surface area contributed by atoms with Gasteiger partial charge in [-0.05, 0) is 38.5 Å². The van der Waals surface area contributed by atoms with Gasteiger partial charge in [-0.3, -0.25) is 0 Å². The Kier molecular flexibility index (Phi) is 2.99. The summed E-state index contributed by atoms with van der Waals surface area (Å²) < 4.78 is 5.90. The molecule has 4 nitrogen and oxygen atoms in total. The summed E-state index contributed by atoms with van der Waals surface area (Å²) in [5.41, 5.74) is 0. The van der Waals surface area contributed by atoms with Crippen LogP contribution in [0, 0.1) is 5.92 Å². The quantitative estimate of drug-likeness (QED) is 0.643. The number of hydrogen-bond donors (Lipinski definition) is 0. The van der Waals surface area contributed by atoms with Gasteiger partial charge in [0.2, 0.25) is 0 Å². The third kappa shape index (κ3) is 2.15. The molecule has 3 heterocycles. The van der Waals surface area contributed by atoms with Gasteiger partial charge in [0.15, 0.2) is 0 Å². The minimum Gasteiger partial charge on any atom is -0.373 e. The van der Waals surface area contributed by atoms with E-state index < -0.39 is 0 Å². The second-order valence-electron chi connectivity index (χ2n) is 5.69. The van der Waals surface area contributed by atoms with Crippen molar-refractivity contribution in [2.75, 3.05) is 26.2 Å². The van der Waals surface area contributed by atoms with Crippen molar-refractivity contribution < 1.29 is 9.53 Å². The van der Waals surface area contributed by atoms with Gasteiger partial charge in [0.1, 0.15) is 0 Å². The maximum Gasteiger partial charge on any atom is 0.320 e. The number of likely N-dealkylation sites (tertiary alicyclic amines) is 2. The molecule has 0 N–H and O–H groups in total. The molecule has 0 aromatic carbocycles. The third-order valence-corrected chi connectivity index (χ3v) is 4.38. The van der Waals surface area contributed by atoms with Gasteiger partial charge < -0.3 is 14.5 Å². The van der Waals surface area contributed by atoms with Crippen LogP contribution in [0.2, 0.25) is 0 Å². The van der Waals surface area contributed by atoms with Crippen LogP contribution in [-0.2, 0) is 4.74 Å². The molecule has 0 aromatic rings. The molecule has 96 valence electrons. The molecule has 3 saturated heterocycles. The largest absolute Gasteiger partial charge is 0.373 e. The van der Waals surface area contributed by atoms with Crippen LogP contribution < -0.4 is 0 Å². The Morgan fingerprint density at radius 1 is 1.18 bits per heavy atom. The smallest absolute Gasteiger partial charge is 0.320 e. The molecule has 0 saturated carbocycles. The van der Waals surface area contributed by atoms with Crippen LogP contribution >= 0.6 is 0 Å². The molecule has 17 heavy (non-hydrogen) atoms. The minimum atomic E-state index is 0.240. The molecular formula is C13H22N2O2. The Labute approximate surface area is 103 Å². The summed E-state index contributed by atoms with van der Waals surface area (Å²) in [7, 11) is 0. The lowest BCUT2D eigenvalue weighted by molar-refractivity contribution is 0.00579. The highest BCUT2D eigenvalue weighted by atomic mass is 16.5. The van der Waals surface area contributed by atoms with Crippen LogP contribution in [0.4, 0.5) is 4.79 Å². The number of piperidine rings is 1. The summed E-state index contributed by atoms with van der Waals surface area (Å²) in [5.74, 6) is 0.688. The van der Waals surface area contributed by atoms with Crippen molar-refractivity contribution in [3.8, 4) is 0 Å². The zero-order valence-corrected chi connectivity index (χ0v) is 10.6. The monoisotopic (exact) mass is 238 g/mol. The molecule has 0 bridgehead atoms. The average Bonchev–Trinajstić information content (AvgIpc) is 2.94. The van der Waals surface area contributed by atoms with Crippen LogP contribution in [-0.4, -0.2) is 54.2 Å². The summed E-state index contributed by atoms with van der Waals surface area (Å²) in [6.45, 7) is 5.77. The van der Waals surface area contributed by atoms with Gasteiger partial charge in [-0.15, -0.1) is 0 Å². The Hall–Kier alpha value is -0.770. The van der Waals surface area contributed by atoms with Crippen molar-refractivity contribution in [1.82, 2.24) is 9.80 Å². The topological polar surface area (TPSA) is 32.8 Å². The Morgan fingerprint density at radius 3 is 2.71 bits per heavy atom. The van der Waals surface area contributed by atoms with Crippen molar-refractivity contribution in [1.29, 1.82) is 0 Å². The molecule has 3 rings (SSSR count). The van der Waals surface area contributed by atoms with Crippen molar-refractivity contribution in [2.45, 2.75) is 44.8 Å².